The van der Waals surface area contributed by atoms with Gasteiger partial charge in [-0.25, -0.2) is 12.8 Å². The number of carbonyl (C=O) groups is 2. The molecule has 0 bridgehead atoms. The van der Waals surface area contributed by atoms with E-state index in [4.69, 9.17) is 11.6 Å². The maximum atomic E-state index is 13.3. The number of carbonyl (C=O) groups excluding carboxylic acids is 2. The zero-order valence-corrected chi connectivity index (χ0v) is 19.2. The molecule has 0 saturated heterocycles. The van der Waals surface area contributed by atoms with Crippen LogP contribution >= 0.6 is 11.6 Å². The number of amides is 2. The number of anilines is 1. The van der Waals surface area contributed by atoms with Gasteiger partial charge in [-0.05, 0) is 66.2 Å². The van der Waals surface area contributed by atoms with Crippen molar-refractivity contribution in [3.63, 3.8) is 0 Å². The third-order valence-corrected chi connectivity index (χ3v) is 6.76. The first-order valence-corrected chi connectivity index (χ1v) is 11.6. The number of nitrogens with zero attached hydrogens (tertiary/aromatic N) is 1. The first kappa shape index (κ1) is 24.4. The zero-order valence-electron chi connectivity index (χ0n) is 17.6. The number of nitrogens with one attached hydrogen (secondary N) is 2. The largest absolute Gasteiger partial charge is 0.355 e. The Balaban J connectivity index is 1.82. The summed E-state index contributed by atoms with van der Waals surface area (Å²) in [7, 11) is -2.56. The van der Waals surface area contributed by atoms with E-state index >= 15 is 0 Å². The van der Waals surface area contributed by atoms with Crippen LogP contribution in [-0.2, 0) is 21.4 Å². The van der Waals surface area contributed by atoms with Gasteiger partial charge in [-0.2, -0.15) is 4.31 Å². The molecule has 0 aliphatic heterocycles. The minimum atomic E-state index is -4.07. The summed E-state index contributed by atoms with van der Waals surface area (Å²) in [5.74, 6) is -1.31. The van der Waals surface area contributed by atoms with Crippen molar-refractivity contribution in [2.75, 3.05) is 18.9 Å². The molecule has 3 aromatic carbocycles. The van der Waals surface area contributed by atoms with E-state index in [1.807, 2.05) is 0 Å². The molecule has 7 nitrogen and oxygen atoms in total. The van der Waals surface area contributed by atoms with E-state index in [0.29, 0.717) is 21.8 Å². The van der Waals surface area contributed by atoms with Crippen LogP contribution in [0.4, 0.5) is 10.1 Å². The second-order valence-corrected chi connectivity index (χ2v) is 9.43. The van der Waals surface area contributed by atoms with Crippen LogP contribution in [0.5, 0.6) is 0 Å². The Morgan fingerprint density at radius 2 is 1.55 bits per heavy atom. The maximum absolute atomic E-state index is 13.3. The predicted molar refractivity (Wildman–Crippen MR) is 124 cm³/mol. The molecule has 2 N–H and O–H groups in total. The highest BCUT2D eigenvalue weighted by molar-refractivity contribution is 7.89. The van der Waals surface area contributed by atoms with Gasteiger partial charge in [-0.3, -0.25) is 9.59 Å². The Bertz CT molecular complexity index is 1230. The number of hydrogen-bond donors (Lipinski definition) is 2. The van der Waals surface area contributed by atoms with Crippen LogP contribution in [0, 0.1) is 5.82 Å². The highest BCUT2D eigenvalue weighted by atomic mass is 35.5. The lowest BCUT2D eigenvalue weighted by molar-refractivity contribution is -0.116. The molecule has 3 aromatic rings. The molecule has 10 heteroatoms. The van der Waals surface area contributed by atoms with Crippen molar-refractivity contribution in [1.29, 1.82) is 0 Å². The summed E-state index contributed by atoms with van der Waals surface area (Å²) in [4.78, 5) is 24.3. The van der Waals surface area contributed by atoms with Gasteiger partial charge in [0.25, 0.3) is 5.91 Å². The zero-order chi connectivity index (χ0) is 24.0. The van der Waals surface area contributed by atoms with E-state index in [9.17, 15) is 22.4 Å². The van der Waals surface area contributed by atoms with Gasteiger partial charge < -0.3 is 10.6 Å². The molecule has 3 rings (SSSR count). The van der Waals surface area contributed by atoms with Gasteiger partial charge in [0.1, 0.15) is 5.82 Å². The van der Waals surface area contributed by atoms with Gasteiger partial charge in [0, 0.05) is 29.9 Å². The van der Waals surface area contributed by atoms with E-state index in [1.165, 1.54) is 67.7 Å². The number of rotatable bonds is 8. The lowest BCUT2D eigenvalue weighted by atomic mass is 10.2. The first-order valence-electron chi connectivity index (χ1n) is 9.81. The molecule has 0 aliphatic carbocycles. The van der Waals surface area contributed by atoms with Gasteiger partial charge in [-0.15, -0.1) is 0 Å². The van der Waals surface area contributed by atoms with Crippen LogP contribution in [-0.4, -0.2) is 38.1 Å². The number of halogens is 2. The van der Waals surface area contributed by atoms with E-state index in [-0.39, 0.29) is 17.3 Å². The summed E-state index contributed by atoms with van der Waals surface area (Å²) in [5, 5.41) is 5.50. The van der Waals surface area contributed by atoms with Crippen LogP contribution in [0.3, 0.4) is 0 Å². The van der Waals surface area contributed by atoms with Gasteiger partial charge >= 0.3 is 0 Å². The van der Waals surface area contributed by atoms with E-state index in [2.05, 4.69) is 10.6 Å². The summed E-state index contributed by atoms with van der Waals surface area (Å²) in [5.41, 5.74) is 1.33. The monoisotopic (exact) mass is 489 g/mol. The Kier molecular flexibility index (Phi) is 7.80. The van der Waals surface area contributed by atoms with Crippen molar-refractivity contribution in [3.8, 4) is 0 Å². The first-order chi connectivity index (χ1) is 15.7. The van der Waals surface area contributed by atoms with Gasteiger partial charge in [0.2, 0.25) is 15.9 Å². The molecule has 0 aliphatic rings. The quantitative estimate of drug-likeness (QED) is 0.504. The van der Waals surface area contributed by atoms with Gasteiger partial charge in [0.15, 0.2) is 0 Å². The average Bonchev–Trinajstić information content (AvgIpc) is 2.80. The molecule has 2 amide bonds. The standard InChI is InChI=1S/C23H21ClFN3O4S/c1-26-23(30)17-4-10-20(11-5-17)27-22(29)15-28(14-16-2-8-19(25)9-3-16)33(31,32)21-12-6-18(24)7-13-21/h2-13H,14-15H2,1H3,(H,26,30)(H,27,29). The molecule has 0 unspecified atom stereocenters. The van der Waals surface area contributed by atoms with E-state index < -0.39 is 28.3 Å². The molecule has 0 spiro atoms. The van der Waals surface area contributed by atoms with Crippen molar-refractivity contribution < 1.29 is 22.4 Å². The number of hydrogen-bond acceptors (Lipinski definition) is 4. The molecule has 0 radical (unpaired) electrons. The Morgan fingerprint density at radius 3 is 2.12 bits per heavy atom. The van der Waals surface area contributed by atoms with Crippen LogP contribution < -0.4 is 10.6 Å². The third kappa shape index (κ3) is 6.38. The van der Waals surface area contributed by atoms with Crippen LogP contribution in [0.1, 0.15) is 15.9 Å². The Hall–Kier alpha value is -3.27. The van der Waals surface area contributed by atoms with Gasteiger partial charge in [0.05, 0.1) is 11.4 Å². The minimum Gasteiger partial charge on any atom is -0.355 e. The fraction of sp³-hybridized carbons (Fsp3) is 0.130. The summed E-state index contributed by atoms with van der Waals surface area (Å²) in [6, 6.07) is 17.1. The fourth-order valence-corrected chi connectivity index (χ4v) is 4.50. The summed E-state index contributed by atoms with van der Waals surface area (Å²) >= 11 is 5.87. The van der Waals surface area contributed by atoms with Crippen LogP contribution in [0.25, 0.3) is 0 Å². The molecule has 0 heterocycles. The van der Waals surface area contributed by atoms with Gasteiger partial charge in [-0.1, -0.05) is 23.7 Å². The second kappa shape index (κ2) is 10.6. The van der Waals surface area contributed by atoms with Crippen molar-refractivity contribution in [2.24, 2.45) is 0 Å². The molecule has 0 aromatic heterocycles. The smallest absolute Gasteiger partial charge is 0.251 e. The second-order valence-electron chi connectivity index (χ2n) is 7.06. The van der Waals surface area contributed by atoms with E-state index in [0.717, 1.165) is 4.31 Å². The molecule has 0 saturated carbocycles. The minimum absolute atomic E-state index is 0.0308. The molecular formula is C23H21ClFN3O4S. The fourth-order valence-electron chi connectivity index (χ4n) is 2.98. The van der Waals surface area contributed by atoms with Crippen LogP contribution in [0.2, 0.25) is 5.02 Å². The van der Waals surface area contributed by atoms with Crippen molar-refractivity contribution in [1.82, 2.24) is 9.62 Å². The van der Waals surface area contributed by atoms with Crippen molar-refractivity contribution in [2.45, 2.75) is 11.4 Å². The van der Waals surface area contributed by atoms with Crippen molar-refractivity contribution in [3.05, 3.63) is 94.8 Å². The maximum Gasteiger partial charge on any atom is 0.251 e. The average molecular weight is 490 g/mol. The van der Waals surface area contributed by atoms with Crippen molar-refractivity contribution >= 4 is 39.1 Å². The Labute approximate surface area is 196 Å². The molecule has 0 fully saturated rings. The Morgan fingerprint density at radius 1 is 0.939 bits per heavy atom. The highest BCUT2D eigenvalue weighted by Crippen LogP contribution is 2.21. The lowest BCUT2D eigenvalue weighted by Gasteiger charge is -2.22. The molecular weight excluding hydrogens is 469 g/mol. The highest BCUT2D eigenvalue weighted by Gasteiger charge is 2.27. The summed E-state index contributed by atoms with van der Waals surface area (Å²) in [6.45, 7) is -0.631. The number of sulfonamides is 1. The third-order valence-electron chi connectivity index (χ3n) is 4.70. The molecule has 172 valence electrons. The van der Waals surface area contributed by atoms with Crippen LogP contribution in [0.15, 0.2) is 77.7 Å². The normalized spacial score (nSPS) is 11.3. The SMILES string of the molecule is CNC(=O)c1ccc(NC(=O)CN(Cc2ccc(F)cc2)S(=O)(=O)c2ccc(Cl)cc2)cc1. The number of benzene rings is 3. The molecule has 33 heavy (non-hydrogen) atoms. The topological polar surface area (TPSA) is 95.6 Å². The summed E-state index contributed by atoms with van der Waals surface area (Å²) in [6.07, 6.45) is 0. The summed E-state index contributed by atoms with van der Waals surface area (Å²) < 4.78 is 40.8. The lowest BCUT2D eigenvalue weighted by Crippen LogP contribution is -2.37. The molecule has 0 atom stereocenters. The predicted octanol–water partition coefficient (Wildman–Crippen LogP) is 3.67. The van der Waals surface area contributed by atoms with E-state index in [1.54, 1.807) is 12.1 Å².